The van der Waals surface area contributed by atoms with E-state index in [-0.39, 0.29) is 12.1 Å². The Balaban J connectivity index is 3.00. The van der Waals surface area contributed by atoms with Gasteiger partial charge >= 0.3 is 0 Å². The van der Waals surface area contributed by atoms with Crippen LogP contribution in [0, 0.1) is 0 Å². The number of aliphatic hydroxyl groups excluding tert-OH is 1. The van der Waals surface area contributed by atoms with Crippen LogP contribution in [0.25, 0.3) is 0 Å². The van der Waals surface area contributed by atoms with Gasteiger partial charge in [-0.05, 0) is 50.2 Å². The summed E-state index contributed by atoms with van der Waals surface area (Å²) >= 11 is 3.65. The maximum atomic E-state index is 9.41. The van der Waals surface area contributed by atoms with E-state index in [4.69, 9.17) is 0 Å². The van der Waals surface area contributed by atoms with Crippen molar-refractivity contribution in [2.75, 3.05) is 13.7 Å². The van der Waals surface area contributed by atoms with Crippen LogP contribution in [-0.2, 0) is 19.5 Å². The SMILES string of the molecule is CCc1nn(CC)c(CN(C)C(C)(C)CO)c1Br. The zero-order valence-corrected chi connectivity index (χ0v) is 13.6. The van der Waals surface area contributed by atoms with Crippen LogP contribution in [0.15, 0.2) is 4.47 Å². The molecule has 0 radical (unpaired) electrons. The molecule has 0 aliphatic rings. The predicted molar refractivity (Wildman–Crippen MR) is 77.6 cm³/mol. The van der Waals surface area contributed by atoms with E-state index in [1.807, 2.05) is 25.6 Å². The monoisotopic (exact) mass is 317 g/mol. The molecule has 0 aliphatic carbocycles. The number of nitrogens with zero attached hydrogens (tertiary/aromatic N) is 3. The van der Waals surface area contributed by atoms with Crippen LogP contribution in [0.1, 0.15) is 39.1 Å². The molecule has 1 aromatic heterocycles. The first kappa shape index (κ1) is 15.7. The van der Waals surface area contributed by atoms with Gasteiger partial charge in [-0.25, -0.2) is 0 Å². The molecular formula is C13H24BrN3O. The molecule has 0 aliphatic heterocycles. The summed E-state index contributed by atoms with van der Waals surface area (Å²) in [7, 11) is 2.03. The second kappa shape index (κ2) is 6.17. The number of halogens is 1. The number of aromatic nitrogens is 2. The molecule has 0 saturated carbocycles. The van der Waals surface area contributed by atoms with Gasteiger partial charge in [0.15, 0.2) is 0 Å². The molecule has 0 fully saturated rings. The molecule has 1 aromatic rings. The summed E-state index contributed by atoms with van der Waals surface area (Å²) in [6.45, 7) is 10.1. The molecule has 1 rings (SSSR count). The molecule has 0 saturated heterocycles. The highest BCUT2D eigenvalue weighted by atomic mass is 79.9. The van der Waals surface area contributed by atoms with Crippen LogP contribution in [0.2, 0.25) is 0 Å². The molecule has 1 N–H and O–H groups in total. The molecule has 104 valence electrons. The van der Waals surface area contributed by atoms with Gasteiger partial charge < -0.3 is 5.11 Å². The normalized spacial score (nSPS) is 12.4. The van der Waals surface area contributed by atoms with E-state index in [1.165, 1.54) is 5.69 Å². The number of likely N-dealkylation sites (N-methyl/N-ethyl adjacent to an activating group) is 1. The van der Waals surface area contributed by atoms with Gasteiger partial charge in [-0.1, -0.05) is 6.92 Å². The summed E-state index contributed by atoms with van der Waals surface area (Å²) in [4.78, 5) is 2.15. The molecule has 0 unspecified atom stereocenters. The van der Waals surface area contributed by atoms with Gasteiger partial charge in [0, 0.05) is 18.6 Å². The van der Waals surface area contributed by atoms with Crippen molar-refractivity contribution in [3.8, 4) is 0 Å². The summed E-state index contributed by atoms with van der Waals surface area (Å²) in [6, 6.07) is 0. The molecular weight excluding hydrogens is 294 g/mol. The van der Waals surface area contributed by atoms with Crippen LogP contribution in [-0.4, -0.2) is 39.0 Å². The maximum Gasteiger partial charge on any atom is 0.0767 e. The van der Waals surface area contributed by atoms with Crippen molar-refractivity contribution in [2.24, 2.45) is 0 Å². The molecule has 0 spiro atoms. The summed E-state index contributed by atoms with van der Waals surface area (Å²) in [5.74, 6) is 0. The van der Waals surface area contributed by atoms with Crippen LogP contribution >= 0.6 is 15.9 Å². The largest absolute Gasteiger partial charge is 0.394 e. The van der Waals surface area contributed by atoms with Gasteiger partial charge in [0.2, 0.25) is 0 Å². The molecule has 0 atom stereocenters. The highest BCUT2D eigenvalue weighted by molar-refractivity contribution is 9.10. The van der Waals surface area contributed by atoms with Crippen LogP contribution in [0.5, 0.6) is 0 Å². The second-order valence-corrected chi connectivity index (χ2v) is 6.00. The minimum absolute atomic E-state index is 0.141. The van der Waals surface area contributed by atoms with E-state index in [1.54, 1.807) is 0 Å². The quantitative estimate of drug-likeness (QED) is 0.876. The Morgan fingerprint density at radius 2 is 2.00 bits per heavy atom. The lowest BCUT2D eigenvalue weighted by Gasteiger charge is -2.33. The van der Waals surface area contributed by atoms with Crippen molar-refractivity contribution in [2.45, 2.75) is 52.7 Å². The highest BCUT2D eigenvalue weighted by Crippen LogP contribution is 2.25. The number of aryl methyl sites for hydroxylation is 2. The number of hydrogen-bond acceptors (Lipinski definition) is 3. The lowest BCUT2D eigenvalue weighted by Crippen LogP contribution is -2.44. The van der Waals surface area contributed by atoms with E-state index in [0.29, 0.717) is 0 Å². The topological polar surface area (TPSA) is 41.3 Å². The Bertz CT molecular complexity index is 401. The fourth-order valence-corrected chi connectivity index (χ4v) is 2.42. The molecule has 4 nitrogen and oxygen atoms in total. The third-order valence-electron chi connectivity index (χ3n) is 3.50. The van der Waals surface area contributed by atoms with Crippen molar-refractivity contribution in [3.05, 3.63) is 15.9 Å². The van der Waals surface area contributed by atoms with E-state index in [2.05, 4.69) is 39.8 Å². The van der Waals surface area contributed by atoms with Crippen molar-refractivity contribution in [3.63, 3.8) is 0 Å². The Labute approximate surface area is 118 Å². The molecule has 0 amide bonds. The first-order valence-electron chi connectivity index (χ1n) is 6.43. The first-order valence-corrected chi connectivity index (χ1v) is 7.22. The van der Waals surface area contributed by atoms with Crippen molar-refractivity contribution in [1.82, 2.24) is 14.7 Å². The molecule has 5 heteroatoms. The van der Waals surface area contributed by atoms with E-state index in [9.17, 15) is 5.11 Å². The standard InChI is InChI=1S/C13H24BrN3O/c1-6-10-12(14)11(17(7-2)15-10)8-16(5)13(3,4)9-18/h18H,6-9H2,1-5H3. The average molecular weight is 318 g/mol. The summed E-state index contributed by atoms with van der Waals surface area (Å²) in [6.07, 6.45) is 0.924. The summed E-state index contributed by atoms with van der Waals surface area (Å²) < 4.78 is 3.14. The Morgan fingerprint density at radius 3 is 2.44 bits per heavy atom. The van der Waals surface area contributed by atoms with Gasteiger partial charge in [-0.2, -0.15) is 5.10 Å². The fraction of sp³-hybridized carbons (Fsp3) is 0.769. The molecule has 0 aromatic carbocycles. The summed E-state index contributed by atoms with van der Waals surface area (Å²) in [5.41, 5.74) is 2.05. The first-order chi connectivity index (χ1) is 8.37. The average Bonchev–Trinajstić information content (AvgIpc) is 2.66. The van der Waals surface area contributed by atoms with Crippen molar-refractivity contribution in [1.29, 1.82) is 0 Å². The van der Waals surface area contributed by atoms with Crippen molar-refractivity contribution >= 4 is 15.9 Å². The minimum atomic E-state index is -0.228. The van der Waals surface area contributed by atoms with Gasteiger partial charge in [0.25, 0.3) is 0 Å². The predicted octanol–water partition coefficient (Wildman–Crippen LogP) is 2.43. The number of hydrogen-bond donors (Lipinski definition) is 1. The number of rotatable bonds is 6. The Kier molecular flexibility index (Phi) is 5.37. The molecule has 0 bridgehead atoms. The van der Waals surface area contributed by atoms with Crippen LogP contribution in [0.3, 0.4) is 0 Å². The minimum Gasteiger partial charge on any atom is -0.394 e. The highest BCUT2D eigenvalue weighted by Gasteiger charge is 2.25. The molecule has 1 heterocycles. The third kappa shape index (κ3) is 3.13. The molecule has 18 heavy (non-hydrogen) atoms. The van der Waals surface area contributed by atoms with Gasteiger partial charge in [0.1, 0.15) is 0 Å². The lowest BCUT2D eigenvalue weighted by molar-refractivity contribution is 0.0712. The van der Waals surface area contributed by atoms with E-state index in [0.717, 1.165) is 29.7 Å². The maximum absolute atomic E-state index is 9.41. The van der Waals surface area contributed by atoms with Gasteiger partial charge in [-0.15, -0.1) is 0 Å². The van der Waals surface area contributed by atoms with Gasteiger partial charge in [0.05, 0.1) is 22.5 Å². The fourth-order valence-electron chi connectivity index (χ4n) is 1.73. The lowest BCUT2D eigenvalue weighted by atomic mass is 10.1. The summed E-state index contributed by atoms with van der Waals surface area (Å²) in [5, 5.41) is 14.0. The zero-order chi connectivity index (χ0) is 13.9. The van der Waals surface area contributed by atoms with E-state index >= 15 is 0 Å². The van der Waals surface area contributed by atoms with Crippen LogP contribution < -0.4 is 0 Å². The third-order valence-corrected chi connectivity index (χ3v) is 4.42. The van der Waals surface area contributed by atoms with Crippen molar-refractivity contribution < 1.29 is 5.11 Å². The van der Waals surface area contributed by atoms with Crippen LogP contribution in [0.4, 0.5) is 0 Å². The number of aliphatic hydroxyl groups is 1. The zero-order valence-electron chi connectivity index (χ0n) is 12.0. The Morgan fingerprint density at radius 1 is 1.39 bits per heavy atom. The smallest absolute Gasteiger partial charge is 0.0767 e. The van der Waals surface area contributed by atoms with E-state index < -0.39 is 0 Å². The Hall–Kier alpha value is -0.390. The second-order valence-electron chi connectivity index (χ2n) is 5.20. The van der Waals surface area contributed by atoms with Gasteiger partial charge in [-0.3, -0.25) is 9.58 Å².